The molecule has 8 nitrogen and oxygen atoms in total. The van der Waals surface area contributed by atoms with Gasteiger partial charge in [-0.05, 0) is 26.1 Å². The van der Waals surface area contributed by atoms with Crippen molar-refractivity contribution in [2.75, 3.05) is 18.9 Å². The van der Waals surface area contributed by atoms with E-state index in [2.05, 4.69) is 20.6 Å². The second-order valence-electron chi connectivity index (χ2n) is 5.92. The van der Waals surface area contributed by atoms with Crippen LogP contribution in [-0.2, 0) is 18.4 Å². The molecule has 25 heavy (non-hydrogen) atoms. The fourth-order valence-corrected chi connectivity index (χ4v) is 2.50. The van der Waals surface area contributed by atoms with Crippen molar-refractivity contribution < 1.29 is 9.32 Å². The molecule has 0 unspecified atom stereocenters. The predicted molar refractivity (Wildman–Crippen MR) is 92.6 cm³/mol. The smallest absolute Gasteiger partial charge is 0.238 e. The van der Waals surface area contributed by atoms with E-state index in [-0.39, 0.29) is 12.5 Å². The Hall–Kier alpha value is -3.00. The molecule has 0 fully saturated rings. The van der Waals surface area contributed by atoms with E-state index in [1.807, 2.05) is 50.2 Å². The molecule has 0 aliphatic heterocycles. The Bertz CT molecular complexity index is 855. The van der Waals surface area contributed by atoms with Gasteiger partial charge in [-0.1, -0.05) is 11.2 Å². The lowest BCUT2D eigenvalue weighted by Gasteiger charge is -2.14. The Morgan fingerprint density at radius 2 is 2.20 bits per heavy atom. The molecule has 3 heterocycles. The Morgan fingerprint density at radius 3 is 2.88 bits per heavy atom. The van der Waals surface area contributed by atoms with E-state index in [9.17, 15) is 4.79 Å². The number of nitrogens with one attached hydrogen (secondary N) is 1. The summed E-state index contributed by atoms with van der Waals surface area (Å²) in [7, 11) is 3.66. The number of nitrogens with zero attached hydrogens (tertiary/aromatic N) is 5. The molecular formula is C17H20N6O2. The molecule has 0 aliphatic rings. The third-order valence-corrected chi connectivity index (χ3v) is 3.61. The highest BCUT2D eigenvalue weighted by molar-refractivity contribution is 5.92. The summed E-state index contributed by atoms with van der Waals surface area (Å²) in [6, 6.07) is 7.45. The second-order valence-corrected chi connectivity index (χ2v) is 5.92. The van der Waals surface area contributed by atoms with Crippen LogP contribution in [0.4, 0.5) is 5.69 Å². The van der Waals surface area contributed by atoms with Gasteiger partial charge in [-0.15, -0.1) is 0 Å². The molecule has 1 amide bonds. The highest BCUT2D eigenvalue weighted by Gasteiger charge is 2.13. The van der Waals surface area contributed by atoms with E-state index in [1.165, 1.54) is 0 Å². The van der Waals surface area contributed by atoms with Crippen LogP contribution in [0.2, 0.25) is 0 Å². The molecule has 0 atom stereocenters. The van der Waals surface area contributed by atoms with E-state index in [4.69, 9.17) is 4.52 Å². The minimum atomic E-state index is -0.108. The van der Waals surface area contributed by atoms with E-state index >= 15 is 0 Å². The number of pyridine rings is 1. The van der Waals surface area contributed by atoms with Gasteiger partial charge in [-0.2, -0.15) is 5.10 Å². The lowest BCUT2D eigenvalue weighted by atomic mass is 10.2. The summed E-state index contributed by atoms with van der Waals surface area (Å²) in [5.41, 5.74) is 2.94. The molecule has 130 valence electrons. The van der Waals surface area contributed by atoms with E-state index in [1.54, 1.807) is 17.1 Å². The fourth-order valence-electron chi connectivity index (χ4n) is 2.50. The van der Waals surface area contributed by atoms with Crippen molar-refractivity contribution in [2.45, 2.75) is 13.5 Å². The van der Waals surface area contributed by atoms with Crippen LogP contribution >= 0.6 is 0 Å². The first-order valence-electron chi connectivity index (χ1n) is 7.87. The molecular weight excluding hydrogens is 320 g/mol. The molecule has 0 aromatic carbocycles. The number of aromatic nitrogens is 4. The Morgan fingerprint density at radius 1 is 1.36 bits per heavy atom. The molecule has 3 aromatic heterocycles. The number of amides is 1. The van der Waals surface area contributed by atoms with Gasteiger partial charge in [0.05, 0.1) is 30.2 Å². The van der Waals surface area contributed by atoms with Crippen molar-refractivity contribution in [2.24, 2.45) is 7.05 Å². The Kier molecular flexibility index (Phi) is 4.90. The largest absolute Gasteiger partial charge is 0.359 e. The number of hydrogen-bond acceptors (Lipinski definition) is 6. The number of rotatable bonds is 6. The number of carbonyl (C=O) groups excluding carboxylic acids is 1. The summed E-state index contributed by atoms with van der Waals surface area (Å²) in [6.07, 6.45) is 3.49. The van der Waals surface area contributed by atoms with Crippen molar-refractivity contribution in [3.05, 3.63) is 48.1 Å². The summed E-state index contributed by atoms with van der Waals surface area (Å²) < 4.78 is 7.00. The highest BCUT2D eigenvalue weighted by atomic mass is 16.5. The molecule has 3 rings (SSSR count). The first kappa shape index (κ1) is 16.8. The zero-order valence-corrected chi connectivity index (χ0v) is 14.4. The number of aryl methyl sites for hydroxylation is 2. The van der Waals surface area contributed by atoms with Gasteiger partial charge in [0.1, 0.15) is 5.69 Å². The van der Waals surface area contributed by atoms with Crippen LogP contribution in [0.25, 0.3) is 11.4 Å². The molecule has 3 aromatic rings. The van der Waals surface area contributed by atoms with E-state index in [0.29, 0.717) is 18.0 Å². The SMILES string of the molecule is Cc1nn(C)cc1NC(=O)CN(C)Cc1cc(-c2ccccn2)no1. The standard InChI is InChI=1S/C17H20N6O2/c1-12-16(10-23(3)20-12)19-17(24)11-22(2)9-13-8-15(21-25-13)14-6-4-5-7-18-14/h4-8,10H,9,11H2,1-3H3,(H,19,24). The quantitative estimate of drug-likeness (QED) is 0.737. The molecule has 0 spiro atoms. The Labute approximate surface area is 145 Å². The topological polar surface area (TPSA) is 89.1 Å². The summed E-state index contributed by atoms with van der Waals surface area (Å²) in [5.74, 6) is 0.566. The molecule has 1 N–H and O–H groups in total. The number of hydrogen-bond donors (Lipinski definition) is 1. The van der Waals surface area contributed by atoms with Crippen LogP contribution in [0.5, 0.6) is 0 Å². The van der Waals surface area contributed by atoms with Crippen LogP contribution in [0.1, 0.15) is 11.5 Å². The maximum absolute atomic E-state index is 12.2. The van der Waals surface area contributed by atoms with Crippen LogP contribution in [-0.4, -0.2) is 44.3 Å². The number of carbonyl (C=O) groups is 1. The summed E-state index contributed by atoms with van der Waals surface area (Å²) >= 11 is 0. The molecule has 0 aliphatic carbocycles. The zero-order chi connectivity index (χ0) is 17.8. The normalized spacial score (nSPS) is 11.0. The third-order valence-electron chi connectivity index (χ3n) is 3.61. The maximum Gasteiger partial charge on any atom is 0.238 e. The van der Waals surface area contributed by atoms with Crippen LogP contribution in [0, 0.1) is 6.92 Å². The van der Waals surface area contributed by atoms with Crippen molar-refractivity contribution in [3.63, 3.8) is 0 Å². The highest BCUT2D eigenvalue weighted by Crippen LogP contribution is 2.17. The second kappa shape index (κ2) is 7.27. The first-order chi connectivity index (χ1) is 12.0. The summed E-state index contributed by atoms with van der Waals surface area (Å²) in [4.78, 5) is 18.2. The minimum absolute atomic E-state index is 0.108. The lowest BCUT2D eigenvalue weighted by molar-refractivity contribution is -0.117. The molecule has 8 heteroatoms. The monoisotopic (exact) mass is 340 g/mol. The molecule has 0 bridgehead atoms. The van der Waals surface area contributed by atoms with Gasteiger partial charge in [0, 0.05) is 25.5 Å². The fraction of sp³-hybridized carbons (Fsp3) is 0.294. The molecule has 0 radical (unpaired) electrons. The van der Waals surface area contributed by atoms with Crippen LogP contribution < -0.4 is 5.32 Å². The predicted octanol–water partition coefficient (Wildman–Crippen LogP) is 1.85. The van der Waals surface area contributed by atoms with Gasteiger partial charge in [-0.25, -0.2) is 0 Å². The zero-order valence-electron chi connectivity index (χ0n) is 14.4. The van der Waals surface area contributed by atoms with E-state index in [0.717, 1.165) is 17.1 Å². The van der Waals surface area contributed by atoms with Crippen LogP contribution in [0.3, 0.4) is 0 Å². The summed E-state index contributed by atoms with van der Waals surface area (Å²) in [5, 5.41) is 11.1. The van der Waals surface area contributed by atoms with Crippen molar-refractivity contribution in [1.82, 2.24) is 24.8 Å². The van der Waals surface area contributed by atoms with Crippen molar-refractivity contribution in [1.29, 1.82) is 0 Å². The average molecular weight is 340 g/mol. The van der Waals surface area contributed by atoms with Gasteiger partial charge in [-0.3, -0.25) is 19.4 Å². The van der Waals surface area contributed by atoms with Gasteiger partial charge >= 0.3 is 0 Å². The minimum Gasteiger partial charge on any atom is -0.359 e. The Balaban J connectivity index is 1.56. The third kappa shape index (κ3) is 4.30. The van der Waals surface area contributed by atoms with Crippen molar-refractivity contribution in [3.8, 4) is 11.4 Å². The molecule has 0 saturated heterocycles. The number of anilines is 1. The van der Waals surface area contributed by atoms with Crippen LogP contribution in [0.15, 0.2) is 41.2 Å². The maximum atomic E-state index is 12.2. The van der Waals surface area contributed by atoms with Gasteiger partial charge in [0.25, 0.3) is 0 Å². The first-order valence-corrected chi connectivity index (χ1v) is 7.87. The lowest BCUT2D eigenvalue weighted by Crippen LogP contribution is -2.29. The summed E-state index contributed by atoms with van der Waals surface area (Å²) in [6.45, 7) is 2.56. The van der Waals surface area contributed by atoms with Gasteiger partial charge in [0.2, 0.25) is 5.91 Å². The average Bonchev–Trinajstić information content (AvgIpc) is 3.14. The number of likely N-dealkylation sites (N-methyl/N-ethyl adjacent to an activating group) is 1. The van der Waals surface area contributed by atoms with E-state index < -0.39 is 0 Å². The van der Waals surface area contributed by atoms with Crippen molar-refractivity contribution >= 4 is 11.6 Å². The van der Waals surface area contributed by atoms with Gasteiger partial charge in [0.15, 0.2) is 5.76 Å². The molecule has 0 saturated carbocycles. The van der Waals surface area contributed by atoms with Gasteiger partial charge < -0.3 is 9.84 Å².